The molecular weight excluding hydrogens is 238 g/mol. The molecule has 0 aromatic rings. The highest BCUT2D eigenvalue weighted by Crippen LogP contribution is 2.23. The van der Waals surface area contributed by atoms with E-state index >= 15 is 0 Å². The highest BCUT2D eigenvalue weighted by molar-refractivity contribution is 5.80. The smallest absolute Gasteiger partial charge is 0.193 e. The molecule has 4 nitrogen and oxygen atoms in total. The van der Waals surface area contributed by atoms with E-state index in [1.165, 1.54) is 12.8 Å². The molecule has 1 N–H and O–H groups in total. The number of aliphatic imine (C=N–C) groups is 1. The van der Waals surface area contributed by atoms with Gasteiger partial charge in [-0.3, -0.25) is 4.99 Å². The molecule has 1 aliphatic heterocycles. The zero-order valence-electron chi connectivity index (χ0n) is 13.1. The molecule has 1 rings (SSSR count). The largest absolute Gasteiger partial charge is 0.385 e. The van der Waals surface area contributed by atoms with Crippen molar-refractivity contribution in [2.24, 2.45) is 16.8 Å². The summed E-state index contributed by atoms with van der Waals surface area (Å²) < 4.78 is 5.07. The summed E-state index contributed by atoms with van der Waals surface area (Å²) >= 11 is 0. The minimum Gasteiger partial charge on any atom is -0.385 e. The van der Waals surface area contributed by atoms with Crippen molar-refractivity contribution in [2.45, 2.75) is 40.0 Å². The zero-order chi connectivity index (χ0) is 14.1. The molecule has 1 atom stereocenters. The molecule has 1 aliphatic rings. The summed E-state index contributed by atoms with van der Waals surface area (Å²) in [5, 5.41) is 3.41. The van der Waals surface area contributed by atoms with Gasteiger partial charge in [0.25, 0.3) is 0 Å². The first-order valence-electron chi connectivity index (χ1n) is 7.69. The van der Waals surface area contributed by atoms with Crippen molar-refractivity contribution in [1.29, 1.82) is 0 Å². The molecule has 0 aromatic carbocycles. The van der Waals surface area contributed by atoms with Gasteiger partial charge in [0.2, 0.25) is 0 Å². The summed E-state index contributed by atoms with van der Waals surface area (Å²) in [5.74, 6) is 2.72. The Bertz CT molecular complexity index is 266. The molecular formula is C15H31N3O. The Morgan fingerprint density at radius 3 is 2.89 bits per heavy atom. The molecule has 0 spiro atoms. The Kier molecular flexibility index (Phi) is 7.87. The fourth-order valence-corrected chi connectivity index (χ4v) is 2.70. The molecule has 0 amide bonds. The van der Waals surface area contributed by atoms with Crippen LogP contribution in [0.5, 0.6) is 0 Å². The predicted molar refractivity (Wildman–Crippen MR) is 81.6 cm³/mol. The molecule has 1 saturated heterocycles. The van der Waals surface area contributed by atoms with Crippen LogP contribution in [0.2, 0.25) is 0 Å². The van der Waals surface area contributed by atoms with Gasteiger partial charge in [-0.1, -0.05) is 13.8 Å². The Morgan fingerprint density at radius 1 is 1.47 bits per heavy atom. The van der Waals surface area contributed by atoms with Crippen LogP contribution in [-0.4, -0.2) is 50.8 Å². The van der Waals surface area contributed by atoms with Gasteiger partial charge in [0.05, 0.1) is 0 Å². The first kappa shape index (κ1) is 16.3. The van der Waals surface area contributed by atoms with Crippen molar-refractivity contribution < 1.29 is 4.74 Å². The lowest BCUT2D eigenvalue weighted by atomic mass is 9.97. The monoisotopic (exact) mass is 269 g/mol. The first-order chi connectivity index (χ1) is 9.17. The van der Waals surface area contributed by atoms with Crippen LogP contribution in [0, 0.1) is 11.8 Å². The molecule has 1 unspecified atom stereocenters. The third-order valence-corrected chi connectivity index (χ3v) is 3.49. The van der Waals surface area contributed by atoms with Crippen molar-refractivity contribution in [1.82, 2.24) is 10.2 Å². The van der Waals surface area contributed by atoms with Crippen molar-refractivity contribution in [3.05, 3.63) is 0 Å². The summed E-state index contributed by atoms with van der Waals surface area (Å²) in [4.78, 5) is 7.12. The molecule has 4 heteroatoms. The molecule has 1 fully saturated rings. The number of likely N-dealkylation sites (tertiary alicyclic amines) is 1. The van der Waals surface area contributed by atoms with E-state index in [0.29, 0.717) is 0 Å². The highest BCUT2D eigenvalue weighted by atomic mass is 16.5. The lowest BCUT2D eigenvalue weighted by Crippen LogP contribution is -2.40. The van der Waals surface area contributed by atoms with Gasteiger partial charge in [0.1, 0.15) is 0 Å². The molecule has 19 heavy (non-hydrogen) atoms. The van der Waals surface area contributed by atoms with Crippen LogP contribution >= 0.6 is 0 Å². The van der Waals surface area contributed by atoms with Crippen molar-refractivity contribution in [3.63, 3.8) is 0 Å². The third-order valence-electron chi connectivity index (χ3n) is 3.49. The Morgan fingerprint density at radius 2 is 2.26 bits per heavy atom. The van der Waals surface area contributed by atoms with E-state index < -0.39 is 0 Å². The van der Waals surface area contributed by atoms with E-state index in [1.54, 1.807) is 7.11 Å². The maximum atomic E-state index is 5.07. The van der Waals surface area contributed by atoms with Crippen molar-refractivity contribution >= 4 is 5.96 Å². The molecule has 0 radical (unpaired) electrons. The lowest BCUT2D eigenvalue weighted by molar-refractivity contribution is 0.197. The number of ether oxygens (including phenoxy) is 1. The average Bonchev–Trinajstić information content (AvgIpc) is 2.80. The number of hydrogen-bond acceptors (Lipinski definition) is 2. The van der Waals surface area contributed by atoms with Gasteiger partial charge in [-0.15, -0.1) is 0 Å². The topological polar surface area (TPSA) is 36.9 Å². The van der Waals surface area contributed by atoms with Crippen molar-refractivity contribution in [2.75, 3.05) is 39.9 Å². The van der Waals surface area contributed by atoms with Gasteiger partial charge in [0.15, 0.2) is 5.96 Å². The fraction of sp³-hybridized carbons (Fsp3) is 0.933. The number of guanidine groups is 1. The van der Waals surface area contributed by atoms with E-state index in [9.17, 15) is 0 Å². The molecule has 0 aliphatic carbocycles. The van der Waals surface area contributed by atoms with Crippen LogP contribution in [0.4, 0.5) is 0 Å². The van der Waals surface area contributed by atoms with E-state index in [4.69, 9.17) is 9.73 Å². The van der Waals surface area contributed by atoms with Gasteiger partial charge in [0, 0.05) is 39.9 Å². The van der Waals surface area contributed by atoms with Crippen molar-refractivity contribution in [3.8, 4) is 0 Å². The van der Waals surface area contributed by atoms with Gasteiger partial charge >= 0.3 is 0 Å². The predicted octanol–water partition coefficient (Wildman–Crippen LogP) is 2.36. The van der Waals surface area contributed by atoms with E-state index in [2.05, 4.69) is 31.0 Å². The summed E-state index contributed by atoms with van der Waals surface area (Å²) in [6.07, 6.45) is 3.63. The first-order valence-corrected chi connectivity index (χ1v) is 7.69. The number of nitrogens with zero attached hydrogens (tertiary/aromatic N) is 2. The standard InChI is InChI=1S/C15H31N3O/c1-5-16-15(17-8-6-10-19-4)18-9-7-14(12-18)11-13(2)3/h13-14H,5-12H2,1-4H3,(H,16,17). The summed E-state index contributed by atoms with van der Waals surface area (Å²) in [6.45, 7) is 11.6. The molecule has 0 bridgehead atoms. The second-order valence-electron chi connectivity index (χ2n) is 5.81. The number of nitrogens with one attached hydrogen (secondary N) is 1. The molecule has 0 aromatic heterocycles. The van der Waals surface area contributed by atoms with Gasteiger partial charge in [-0.05, 0) is 38.0 Å². The highest BCUT2D eigenvalue weighted by Gasteiger charge is 2.25. The fourth-order valence-electron chi connectivity index (χ4n) is 2.70. The second-order valence-corrected chi connectivity index (χ2v) is 5.81. The minimum atomic E-state index is 0.791. The zero-order valence-corrected chi connectivity index (χ0v) is 13.1. The maximum absolute atomic E-state index is 5.07. The van der Waals surface area contributed by atoms with Crippen LogP contribution in [-0.2, 0) is 4.74 Å². The summed E-state index contributed by atoms with van der Waals surface area (Å²) in [6, 6.07) is 0. The van der Waals surface area contributed by atoms with Gasteiger partial charge < -0.3 is 15.0 Å². The van der Waals surface area contributed by atoms with E-state index in [1.807, 2.05) is 0 Å². The lowest BCUT2D eigenvalue weighted by Gasteiger charge is -2.22. The third kappa shape index (κ3) is 6.28. The van der Waals surface area contributed by atoms with Crippen LogP contribution < -0.4 is 5.32 Å². The second kappa shape index (κ2) is 9.18. The van der Waals surface area contributed by atoms with Crippen LogP contribution in [0.15, 0.2) is 4.99 Å². The minimum absolute atomic E-state index is 0.791. The number of methoxy groups -OCH3 is 1. The van der Waals surface area contributed by atoms with Crippen LogP contribution in [0.25, 0.3) is 0 Å². The van der Waals surface area contributed by atoms with E-state index in [0.717, 1.165) is 57.0 Å². The van der Waals surface area contributed by atoms with Gasteiger partial charge in [-0.25, -0.2) is 0 Å². The SMILES string of the molecule is CCNC(=NCCCOC)N1CCC(CC(C)C)C1. The van der Waals surface area contributed by atoms with E-state index in [-0.39, 0.29) is 0 Å². The quantitative estimate of drug-likeness (QED) is 0.438. The number of hydrogen-bond donors (Lipinski definition) is 1. The van der Waals surface area contributed by atoms with Gasteiger partial charge in [-0.2, -0.15) is 0 Å². The number of rotatable bonds is 7. The molecule has 112 valence electrons. The normalized spacial score (nSPS) is 20.4. The van der Waals surface area contributed by atoms with Crippen LogP contribution in [0.3, 0.4) is 0 Å². The summed E-state index contributed by atoms with van der Waals surface area (Å²) in [5.41, 5.74) is 0. The molecule has 1 heterocycles. The Balaban J connectivity index is 2.43. The van der Waals surface area contributed by atoms with Crippen LogP contribution in [0.1, 0.15) is 40.0 Å². The Labute approximate surface area is 118 Å². The average molecular weight is 269 g/mol. The molecule has 0 saturated carbocycles. The maximum Gasteiger partial charge on any atom is 0.193 e. The Hall–Kier alpha value is -0.770. The summed E-state index contributed by atoms with van der Waals surface area (Å²) in [7, 11) is 1.74.